The van der Waals surface area contributed by atoms with E-state index in [1.54, 1.807) is 22.8 Å². The van der Waals surface area contributed by atoms with Crippen LogP contribution in [-0.4, -0.2) is 47.3 Å². The van der Waals surface area contributed by atoms with Gasteiger partial charge in [0.25, 0.3) is 11.7 Å². The van der Waals surface area contributed by atoms with Crippen LogP contribution in [0.15, 0.2) is 42.6 Å². The lowest BCUT2D eigenvalue weighted by Crippen LogP contribution is -2.34. The number of Topliss-reactive ketones (excluding diaryl/α,β-unsaturated/α-hetero) is 1. The zero-order chi connectivity index (χ0) is 22.8. The molecular formula is C25H27N3O4. The molecule has 32 heavy (non-hydrogen) atoms. The number of nitrogens with zero attached hydrogens (tertiary/aromatic N) is 2. The fraction of sp³-hybridized carbons (Fsp3) is 0.320. The van der Waals surface area contributed by atoms with Crippen molar-refractivity contribution in [3.05, 3.63) is 59.3 Å². The summed E-state index contributed by atoms with van der Waals surface area (Å²) >= 11 is 0. The van der Waals surface area contributed by atoms with Crippen LogP contribution in [0.2, 0.25) is 0 Å². The van der Waals surface area contributed by atoms with Gasteiger partial charge < -0.3 is 19.5 Å². The smallest absolute Gasteiger partial charge is 0.295 e. The van der Waals surface area contributed by atoms with Crippen molar-refractivity contribution in [3.8, 4) is 5.75 Å². The van der Waals surface area contributed by atoms with Crippen LogP contribution in [0.25, 0.3) is 10.9 Å². The third kappa shape index (κ3) is 4.10. The highest BCUT2D eigenvalue weighted by Gasteiger charge is 2.28. The molecular weight excluding hydrogens is 406 g/mol. The summed E-state index contributed by atoms with van der Waals surface area (Å²) in [4.78, 5) is 40.1. The Labute approximate surface area is 187 Å². The average Bonchev–Trinajstić information content (AvgIpc) is 3.44. The fourth-order valence-electron chi connectivity index (χ4n) is 4.23. The number of ketones is 1. The first kappa shape index (κ1) is 21.6. The lowest BCUT2D eigenvalue weighted by Gasteiger charge is -2.13. The van der Waals surface area contributed by atoms with E-state index in [1.165, 1.54) is 0 Å². The van der Waals surface area contributed by atoms with E-state index in [-0.39, 0.29) is 12.5 Å². The standard InChI is InChI=1S/C25H27N3O4/c1-16-13-22(32-3)17(2)12-20(16)26-23(29)15-28-14-19(18-8-4-5-9-21(18)28)24(30)25(31)27-10-6-7-11-27/h4-5,8-9,12-14H,6-7,10-11,15H2,1-3H3,(H,26,29). The Balaban J connectivity index is 1.58. The van der Waals surface area contributed by atoms with Gasteiger partial charge in [-0.05, 0) is 56.0 Å². The van der Waals surface area contributed by atoms with Crippen LogP contribution in [0, 0.1) is 13.8 Å². The molecule has 1 aliphatic rings. The second-order valence-electron chi connectivity index (χ2n) is 8.20. The number of methoxy groups -OCH3 is 1. The summed E-state index contributed by atoms with van der Waals surface area (Å²) in [5.41, 5.74) is 3.60. The zero-order valence-electron chi connectivity index (χ0n) is 18.6. The second kappa shape index (κ2) is 8.86. The summed E-state index contributed by atoms with van der Waals surface area (Å²) in [5, 5.41) is 3.62. The molecule has 1 saturated heterocycles. The van der Waals surface area contributed by atoms with Gasteiger partial charge in [0.1, 0.15) is 12.3 Å². The molecule has 1 aliphatic heterocycles. The Morgan fingerprint density at radius 1 is 1.03 bits per heavy atom. The number of carbonyl (C=O) groups is 3. The number of nitrogens with one attached hydrogen (secondary N) is 1. The minimum absolute atomic E-state index is 0.0240. The van der Waals surface area contributed by atoms with Crippen molar-refractivity contribution in [1.29, 1.82) is 0 Å². The summed E-state index contributed by atoms with van der Waals surface area (Å²) in [5.74, 6) is -0.450. The number of benzene rings is 2. The first-order chi connectivity index (χ1) is 15.4. The molecule has 0 atom stereocenters. The predicted octanol–water partition coefficient (Wildman–Crippen LogP) is 3.71. The number of likely N-dealkylation sites (tertiary alicyclic amines) is 1. The van der Waals surface area contributed by atoms with Crippen LogP contribution in [0.1, 0.15) is 34.3 Å². The first-order valence-corrected chi connectivity index (χ1v) is 10.8. The number of carbonyl (C=O) groups excluding carboxylic acids is 3. The third-order valence-electron chi connectivity index (χ3n) is 5.95. The summed E-state index contributed by atoms with van der Waals surface area (Å²) in [6, 6.07) is 11.1. The van der Waals surface area contributed by atoms with E-state index in [4.69, 9.17) is 4.74 Å². The summed E-state index contributed by atoms with van der Waals surface area (Å²) in [6.45, 7) is 5.08. The zero-order valence-corrected chi connectivity index (χ0v) is 18.6. The summed E-state index contributed by atoms with van der Waals surface area (Å²) < 4.78 is 7.05. The van der Waals surface area contributed by atoms with Crippen LogP contribution >= 0.6 is 0 Å². The molecule has 2 heterocycles. The summed E-state index contributed by atoms with van der Waals surface area (Å²) in [6.07, 6.45) is 3.46. The quantitative estimate of drug-likeness (QED) is 0.475. The Morgan fingerprint density at radius 3 is 2.47 bits per heavy atom. The molecule has 4 rings (SSSR count). The minimum Gasteiger partial charge on any atom is -0.496 e. The topological polar surface area (TPSA) is 80.6 Å². The van der Waals surface area contributed by atoms with E-state index < -0.39 is 11.7 Å². The van der Waals surface area contributed by atoms with E-state index in [1.807, 2.05) is 50.2 Å². The van der Waals surface area contributed by atoms with E-state index in [9.17, 15) is 14.4 Å². The van der Waals surface area contributed by atoms with Crippen molar-refractivity contribution in [2.24, 2.45) is 0 Å². The Hall–Kier alpha value is -3.61. The number of hydrogen-bond acceptors (Lipinski definition) is 4. The fourth-order valence-corrected chi connectivity index (χ4v) is 4.23. The van der Waals surface area contributed by atoms with Crippen molar-refractivity contribution in [1.82, 2.24) is 9.47 Å². The van der Waals surface area contributed by atoms with Gasteiger partial charge in [0, 0.05) is 35.9 Å². The number of aromatic nitrogens is 1. The van der Waals surface area contributed by atoms with Crippen molar-refractivity contribution >= 4 is 34.2 Å². The molecule has 2 aromatic carbocycles. The van der Waals surface area contributed by atoms with Crippen LogP contribution in [0.3, 0.4) is 0 Å². The number of para-hydroxylation sites is 1. The number of fused-ring (bicyclic) bond motifs is 1. The van der Waals surface area contributed by atoms with Gasteiger partial charge in [-0.2, -0.15) is 0 Å². The maximum Gasteiger partial charge on any atom is 0.295 e. The van der Waals surface area contributed by atoms with E-state index in [2.05, 4.69) is 5.32 Å². The Kier molecular flexibility index (Phi) is 5.99. The maximum atomic E-state index is 13.0. The molecule has 0 saturated carbocycles. The molecule has 2 amide bonds. The van der Waals surface area contributed by atoms with Gasteiger partial charge >= 0.3 is 0 Å². The number of amides is 2. The molecule has 7 nitrogen and oxygen atoms in total. The Morgan fingerprint density at radius 2 is 1.75 bits per heavy atom. The molecule has 7 heteroatoms. The number of aryl methyl sites for hydroxylation is 2. The molecule has 1 aromatic heterocycles. The van der Waals surface area contributed by atoms with Gasteiger partial charge in [0.2, 0.25) is 5.91 Å². The van der Waals surface area contributed by atoms with E-state index in [0.717, 1.165) is 35.2 Å². The van der Waals surface area contributed by atoms with Crippen LogP contribution < -0.4 is 10.1 Å². The lowest BCUT2D eigenvalue weighted by molar-refractivity contribution is -0.125. The van der Waals surface area contributed by atoms with Gasteiger partial charge in [-0.25, -0.2) is 0 Å². The lowest BCUT2D eigenvalue weighted by atomic mass is 10.1. The highest BCUT2D eigenvalue weighted by atomic mass is 16.5. The van der Waals surface area contributed by atoms with Crippen LogP contribution in [0.5, 0.6) is 5.75 Å². The highest BCUT2D eigenvalue weighted by molar-refractivity contribution is 6.45. The monoisotopic (exact) mass is 433 g/mol. The molecule has 0 radical (unpaired) electrons. The van der Waals surface area contributed by atoms with E-state index in [0.29, 0.717) is 29.7 Å². The highest BCUT2D eigenvalue weighted by Crippen LogP contribution is 2.27. The van der Waals surface area contributed by atoms with Crippen molar-refractivity contribution in [3.63, 3.8) is 0 Å². The van der Waals surface area contributed by atoms with Crippen molar-refractivity contribution < 1.29 is 19.1 Å². The summed E-state index contributed by atoms with van der Waals surface area (Å²) in [7, 11) is 1.62. The van der Waals surface area contributed by atoms with Crippen LogP contribution in [-0.2, 0) is 16.1 Å². The van der Waals surface area contributed by atoms with E-state index >= 15 is 0 Å². The van der Waals surface area contributed by atoms with Gasteiger partial charge in [-0.1, -0.05) is 18.2 Å². The number of hydrogen-bond donors (Lipinski definition) is 1. The SMILES string of the molecule is COc1cc(C)c(NC(=O)Cn2cc(C(=O)C(=O)N3CCCC3)c3ccccc32)cc1C. The number of anilines is 1. The van der Waals surface area contributed by atoms with Gasteiger partial charge in [0.05, 0.1) is 12.7 Å². The predicted molar refractivity (Wildman–Crippen MR) is 123 cm³/mol. The van der Waals surface area contributed by atoms with Crippen molar-refractivity contribution in [2.75, 3.05) is 25.5 Å². The molecule has 3 aromatic rings. The normalized spacial score (nSPS) is 13.4. The average molecular weight is 434 g/mol. The number of ether oxygens (including phenoxy) is 1. The molecule has 0 aliphatic carbocycles. The Bertz CT molecular complexity index is 1210. The molecule has 1 fully saturated rings. The first-order valence-electron chi connectivity index (χ1n) is 10.8. The molecule has 166 valence electrons. The molecule has 0 bridgehead atoms. The van der Waals surface area contributed by atoms with Gasteiger partial charge in [-0.3, -0.25) is 14.4 Å². The van der Waals surface area contributed by atoms with Crippen molar-refractivity contribution in [2.45, 2.75) is 33.2 Å². The largest absolute Gasteiger partial charge is 0.496 e. The number of rotatable bonds is 6. The molecule has 1 N–H and O–H groups in total. The molecule has 0 spiro atoms. The van der Waals surface area contributed by atoms with Gasteiger partial charge in [-0.15, -0.1) is 0 Å². The molecule has 0 unspecified atom stereocenters. The third-order valence-corrected chi connectivity index (χ3v) is 5.95. The van der Waals surface area contributed by atoms with Crippen LogP contribution in [0.4, 0.5) is 5.69 Å². The maximum absolute atomic E-state index is 13.0. The minimum atomic E-state index is -0.524. The van der Waals surface area contributed by atoms with Gasteiger partial charge in [0.15, 0.2) is 0 Å². The second-order valence-corrected chi connectivity index (χ2v) is 8.20.